The number of carboxylic acids is 1. The summed E-state index contributed by atoms with van der Waals surface area (Å²) in [4.78, 5) is 25.9. The van der Waals surface area contributed by atoms with Gasteiger partial charge < -0.3 is 20.5 Å². The first-order valence-corrected chi connectivity index (χ1v) is 9.44. The molecule has 0 unspecified atom stereocenters. The molecule has 0 bridgehead atoms. The summed E-state index contributed by atoms with van der Waals surface area (Å²) in [5.41, 5.74) is 2.40. The molecule has 1 saturated heterocycles. The monoisotopic (exact) mass is 450 g/mol. The fourth-order valence-electron chi connectivity index (χ4n) is 3.00. The average molecular weight is 450 g/mol. The molecule has 0 aliphatic carbocycles. The summed E-state index contributed by atoms with van der Waals surface area (Å²) < 4.78 is 37.0. The van der Waals surface area contributed by atoms with Crippen LogP contribution in [0.1, 0.15) is 29.3 Å². The molecule has 1 amide bonds. The summed E-state index contributed by atoms with van der Waals surface area (Å²) >= 11 is 0. The lowest BCUT2D eigenvalue weighted by Crippen LogP contribution is -2.36. The molecule has 2 heterocycles. The minimum atomic E-state index is -5.08. The first-order valence-electron chi connectivity index (χ1n) is 9.44. The van der Waals surface area contributed by atoms with E-state index in [9.17, 15) is 18.0 Å². The largest absolute Gasteiger partial charge is 0.494 e. The van der Waals surface area contributed by atoms with Crippen molar-refractivity contribution in [3.05, 3.63) is 47.7 Å². The fourth-order valence-corrected chi connectivity index (χ4v) is 3.00. The van der Waals surface area contributed by atoms with Gasteiger partial charge in [0.1, 0.15) is 5.75 Å². The number of benzene rings is 1. The lowest BCUT2D eigenvalue weighted by molar-refractivity contribution is -0.192. The SMILES string of the molecule is COc1cnc(-c2cccc(C#N)c2)cc1C(=O)N[C@H]1CN[C@H](C)C1.O=C(O)C(F)(F)F. The molecule has 11 heteroatoms. The van der Waals surface area contributed by atoms with Crippen molar-refractivity contribution in [1.29, 1.82) is 5.26 Å². The number of halogens is 3. The van der Waals surface area contributed by atoms with Crippen LogP contribution in [0.25, 0.3) is 11.3 Å². The number of nitriles is 1. The van der Waals surface area contributed by atoms with E-state index in [1.807, 2.05) is 6.07 Å². The Kier molecular flexibility index (Phi) is 8.15. The number of carboxylic acid groups (broad SMARTS) is 1. The average Bonchev–Trinajstić information content (AvgIpc) is 3.17. The lowest BCUT2D eigenvalue weighted by atomic mass is 10.1. The van der Waals surface area contributed by atoms with Crippen LogP contribution in [0.4, 0.5) is 13.2 Å². The van der Waals surface area contributed by atoms with Gasteiger partial charge in [0.25, 0.3) is 5.91 Å². The number of pyridine rings is 1. The number of aliphatic carboxylic acids is 1. The van der Waals surface area contributed by atoms with Crippen molar-refractivity contribution < 1.29 is 32.6 Å². The summed E-state index contributed by atoms with van der Waals surface area (Å²) in [6.45, 7) is 2.86. The number of ether oxygens (including phenoxy) is 1. The molecule has 0 saturated carbocycles. The maximum Gasteiger partial charge on any atom is 0.490 e. The Balaban J connectivity index is 0.000000451. The normalized spacial score (nSPS) is 17.5. The van der Waals surface area contributed by atoms with E-state index >= 15 is 0 Å². The number of hydrogen-bond donors (Lipinski definition) is 3. The Hall–Kier alpha value is -3.65. The van der Waals surface area contributed by atoms with Crippen molar-refractivity contribution in [3.8, 4) is 23.1 Å². The molecule has 0 spiro atoms. The van der Waals surface area contributed by atoms with Gasteiger partial charge in [-0.25, -0.2) is 4.79 Å². The Bertz CT molecular complexity index is 1020. The predicted octanol–water partition coefficient (Wildman–Crippen LogP) is 2.74. The van der Waals surface area contributed by atoms with Crippen molar-refractivity contribution in [2.75, 3.05) is 13.7 Å². The molecule has 170 valence electrons. The minimum absolute atomic E-state index is 0.103. The van der Waals surface area contributed by atoms with Gasteiger partial charge in [-0.05, 0) is 31.5 Å². The zero-order valence-corrected chi connectivity index (χ0v) is 17.2. The van der Waals surface area contributed by atoms with Crippen LogP contribution in [0.3, 0.4) is 0 Å². The predicted molar refractivity (Wildman–Crippen MR) is 108 cm³/mol. The van der Waals surface area contributed by atoms with Crippen LogP contribution in [-0.2, 0) is 4.79 Å². The van der Waals surface area contributed by atoms with Gasteiger partial charge in [0.05, 0.1) is 36.2 Å². The van der Waals surface area contributed by atoms with Gasteiger partial charge in [-0.1, -0.05) is 12.1 Å². The molecule has 0 radical (unpaired) electrons. The Labute approximate surface area is 182 Å². The number of rotatable bonds is 4. The summed E-state index contributed by atoms with van der Waals surface area (Å²) in [6.07, 6.45) is -2.64. The van der Waals surface area contributed by atoms with Gasteiger partial charge in [-0.15, -0.1) is 0 Å². The van der Waals surface area contributed by atoms with Gasteiger partial charge in [0, 0.05) is 24.2 Å². The highest BCUT2D eigenvalue weighted by Crippen LogP contribution is 2.25. The summed E-state index contributed by atoms with van der Waals surface area (Å²) in [7, 11) is 1.52. The van der Waals surface area contributed by atoms with Gasteiger partial charge in [0.15, 0.2) is 0 Å². The van der Waals surface area contributed by atoms with Crippen molar-refractivity contribution in [2.24, 2.45) is 0 Å². The Morgan fingerprint density at radius 2 is 2.03 bits per heavy atom. The van der Waals surface area contributed by atoms with Crippen LogP contribution in [0.2, 0.25) is 0 Å². The molecule has 3 rings (SSSR count). The third-order valence-corrected chi connectivity index (χ3v) is 4.55. The van der Waals surface area contributed by atoms with Gasteiger partial charge >= 0.3 is 12.1 Å². The summed E-state index contributed by atoms with van der Waals surface area (Å²) in [5, 5.41) is 22.5. The summed E-state index contributed by atoms with van der Waals surface area (Å²) in [6, 6.07) is 11.5. The second kappa shape index (κ2) is 10.6. The van der Waals surface area contributed by atoms with Crippen molar-refractivity contribution in [2.45, 2.75) is 31.6 Å². The number of nitrogens with one attached hydrogen (secondary N) is 2. The number of alkyl halides is 3. The fraction of sp³-hybridized carbons (Fsp3) is 0.333. The molecule has 1 aliphatic rings. The van der Waals surface area contributed by atoms with E-state index in [1.165, 1.54) is 7.11 Å². The highest BCUT2D eigenvalue weighted by molar-refractivity contribution is 5.98. The van der Waals surface area contributed by atoms with E-state index in [2.05, 4.69) is 28.6 Å². The molecule has 1 aromatic heterocycles. The first kappa shape index (κ1) is 24.6. The highest BCUT2D eigenvalue weighted by Gasteiger charge is 2.38. The van der Waals surface area contributed by atoms with Gasteiger partial charge in [-0.2, -0.15) is 18.4 Å². The van der Waals surface area contributed by atoms with Crippen LogP contribution in [0.5, 0.6) is 5.75 Å². The Morgan fingerprint density at radius 1 is 1.34 bits per heavy atom. The van der Waals surface area contributed by atoms with E-state index in [1.54, 1.807) is 30.5 Å². The van der Waals surface area contributed by atoms with Crippen LogP contribution in [0, 0.1) is 11.3 Å². The van der Waals surface area contributed by atoms with Crippen LogP contribution >= 0.6 is 0 Å². The molecule has 32 heavy (non-hydrogen) atoms. The smallest absolute Gasteiger partial charge is 0.490 e. The van der Waals surface area contributed by atoms with E-state index in [0.29, 0.717) is 28.6 Å². The zero-order valence-electron chi connectivity index (χ0n) is 17.2. The quantitative estimate of drug-likeness (QED) is 0.654. The Morgan fingerprint density at radius 3 is 2.56 bits per heavy atom. The number of hydrogen-bond acceptors (Lipinski definition) is 6. The van der Waals surface area contributed by atoms with Crippen LogP contribution in [0.15, 0.2) is 36.5 Å². The molecule has 2 atom stereocenters. The maximum atomic E-state index is 12.7. The van der Waals surface area contributed by atoms with Crippen molar-refractivity contribution in [3.63, 3.8) is 0 Å². The molecule has 1 fully saturated rings. The number of aromatic nitrogens is 1. The molecular weight excluding hydrogens is 429 g/mol. The molecule has 8 nitrogen and oxygen atoms in total. The summed E-state index contributed by atoms with van der Waals surface area (Å²) in [5.74, 6) is -2.51. The lowest BCUT2D eigenvalue weighted by Gasteiger charge is -2.14. The minimum Gasteiger partial charge on any atom is -0.494 e. The number of carbonyl (C=O) groups excluding carboxylic acids is 1. The van der Waals surface area contributed by atoms with Gasteiger partial charge in [0.2, 0.25) is 0 Å². The number of amides is 1. The highest BCUT2D eigenvalue weighted by atomic mass is 19.4. The van der Waals surface area contributed by atoms with E-state index in [-0.39, 0.29) is 11.9 Å². The third-order valence-electron chi connectivity index (χ3n) is 4.55. The molecule has 2 aromatic rings. The first-order chi connectivity index (χ1) is 15.0. The van der Waals surface area contributed by atoms with Crippen LogP contribution < -0.4 is 15.4 Å². The second-order valence-corrected chi connectivity index (χ2v) is 6.98. The topological polar surface area (TPSA) is 124 Å². The van der Waals surface area contributed by atoms with E-state index in [4.69, 9.17) is 19.9 Å². The van der Waals surface area contributed by atoms with Crippen molar-refractivity contribution in [1.82, 2.24) is 15.6 Å². The van der Waals surface area contributed by atoms with E-state index in [0.717, 1.165) is 18.5 Å². The van der Waals surface area contributed by atoms with Gasteiger partial charge in [-0.3, -0.25) is 9.78 Å². The standard InChI is InChI=1S/C19H20N4O2.C2HF3O2/c1-12-6-15(10-21-12)23-19(24)16-8-17(22-11-18(16)25-2)14-5-3-4-13(7-14)9-20;3-2(4,5)1(6)7/h3-5,7-8,11-12,15,21H,6,10H2,1-2H3,(H,23,24);(H,6,7)/t12-,15-;/m1./s1. The number of nitrogens with zero attached hydrogens (tertiary/aromatic N) is 2. The molecular formula is C21H21F3N4O4. The van der Waals surface area contributed by atoms with Crippen molar-refractivity contribution >= 4 is 11.9 Å². The molecule has 1 aromatic carbocycles. The van der Waals surface area contributed by atoms with E-state index < -0.39 is 12.1 Å². The third kappa shape index (κ3) is 6.68. The molecule has 3 N–H and O–H groups in total. The zero-order chi connectivity index (χ0) is 23.9. The second-order valence-electron chi connectivity index (χ2n) is 6.98. The molecule has 1 aliphatic heterocycles. The maximum absolute atomic E-state index is 12.7. The van der Waals surface area contributed by atoms with Crippen LogP contribution in [-0.4, -0.2) is 53.9 Å². The number of carbonyl (C=O) groups is 2. The number of methoxy groups -OCH3 is 1.